The van der Waals surface area contributed by atoms with Crippen LogP contribution in [0.4, 0.5) is 22.0 Å². The number of nitrogens with zero attached hydrogens (tertiary/aromatic N) is 1. The van der Waals surface area contributed by atoms with Crippen molar-refractivity contribution in [2.24, 2.45) is 0 Å². The summed E-state index contributed by atoms with van der Waals surface area (Å²) < 4.78 is 64.8. The molecule has 114 valence electrons. The minimum atomic E-state index is -4.38. The SMILES string of the molecule is C=C1CCC=C(c2cccc(F)c2F)CN1CC(F)(F)F. The zero-order valence-electron chi connectivity index (χ0n) is 11.2. The maximum Gasteiger partial charge on any atom is 0.405 e. The van der Waals surface area contributed by atoms with E-state index in [-0.39, 0.29) is 12.1 Å². The number of hydrogen-bond acceptors (Lipinski definition) is 1. The molecule has 1 aliphatic rings. The molecule has 0 saturated heterocycles. The molecule has 1 aromatic rings. The smallest absolute Gasteiger partial charge is 0.362 e. The molecule has 0 aromatic heterocycles. The van der Waals surface area contributed by atoms with Crippen molar-refractivity contribution in [1.82, 2.24) is 4.90 Å². The second kappa shape index (κ2) is 5.87. The zero-order valence-corrected chi connectivity index (χ0v) is 11.2. The number of allylic oxidation sites excluding steroid dienone is 2. The third kappa shape index (κ3) is 3.83. The first-order valence-corrected chi connectivity index (χ1v) is 6.41. The highest BCUT2D eigenvalue weighted by molar-refractivity contribution is 5.68. The molecular formula is C15H14F5N. The largest absolute Gasteiger partial charge is 0.405 e. The zero-order chi connectivity index (χ0) is 15.6. The van der Waals surface area contributed by atoms with Crippen molar-refractivity contribution in [3.8, 4) is 0 Å². The van der Waals surface area contributed by atoms with Crippen LogP contribution in [0.3, 0.4) is 0 Å². The Morgan fingerprint density at radius 1 is 1.19 bits per heavy atom. The van der Waals surface area contributed by atoms with Gasteiger partial charge < -0.3 is 4.90 Å². The van der Waals surface area contributed by atoms with Gasteiger partial charge in [-0.1, -0.05) is 24.8 Å². The first-order chi connectivity index (χ1) is 9.78. The molecule has 0 unspecified atom stereocenters. The lowest BCUT2D eigenvalue weighted by Gasteiger charge is -2.27. The highest BCUT2D eigenvalue weighted by atomic mass is 19.4. The topological polar surface area (TPSA) is 3.24 Å². The van der Waals surface area contributed by atoms with Gasteiger partial charge in [0, 0.05) is 17.8 Å². The fourth-order valence-corrected chi connectivity index (χ4v) is 2.28. The van der Waals surface area contributed by atoms with E-state index in [0.29, 0.717) is 24.1 Å². The van der Waals surface area contributed by atoms with Crippen LogP contribution < -0.4 is 0 Å². The van der Waals surface area contributed by atoms with Gasteiger partial charge in [-0.05, 0) is 24.5 Å². The summed E-state index contributed by atoms with van der Waals surface area (Å²) in [5, 5.41) is 0. The van der Waals surface area contributed by atoms with E-state index in [1.807, 2.05) is 0 Å². The molecule has 2 rings (SSSR count). The molecule has 1 heterocycles. The average Bonchev–Trinajstić information content (AvgIpc) is 2.54. The second-order valence-electron chi connectivity index (χ2n) is 4.91. The Labute approximate surface area is 119 Å². The van der Waals surface area contributed by atoms with Gasteiger partial charge in [-0.3, -0.25) is 0 Å². The molecule has 21 heavy (non-hydrogen) atoms. The summed E-state index contributed by atoms with van der Waals surface area (Å²) >= 11 is 0. The van der Waals surface area contributed by atoms with Crippen LogP contribution in [-0.2, 0) is 0 Å². The molecule has 0 N–H and O–H groups in total. The Kier molecular flexibility index (Phi) is 4.34. The molecule has 0 atom stereocenters. The minimum Gasteiger partial charge on any atom is -0.362 e. The Morgan fingerprint density at radius 3 is 2.57 bits per heavy atom. The molecule has 0 radical (unpaired) electrons. The summed E-state index contributed by atoms with van der Waals surface area (Å²) in [5.41, 5.74) is 0.683. The van der Waals surface area contributed by atoms with E-state index in [1.54, 1.807) is 6.08 Å². The van der Waals surface area contributed by atoms with E-state index in [1.165, 1.54) is 12.1 Å². The van der Waals surface area contributed by atoms with E-state index in [9.17, 15) is 22.0 Å². The van der Waals surface area contributed by atoms with Gasteiger partial charge >= 0.3 is 6.18 Å². The van der Waals surface area contributed by atoms with Crippen LogP contribution in [0.2, 0.25) is 0 Å². The van der Waals surface area contributed by atoms with Gasteiger partial charge in [-0.2, -0.15) is 13.2 Å². The fraction of sp³-hybridized carbons (Fsp3) is 0.333. The van der Waals surface area contributed by atoms with Crippen LogP contribution in [-0.4, -0.2) is 24.2 Å². The van der Waals surface area contributed by atoms with Crippen molar-refractivity contribution in [3.63, 3.8) is 0 Å². The number of hydrogen-bond donors (Lipinski definition) is 0. The fourth-order valence-electron chi connectivity index (χ4n) is 2.28. The van der Waals surface area contributed by atoms with Crippen molar-refractivity contribution in [2.75, 3.05) is 13.1 Å². The number of halogens is 5. The summed E-state index contributed by atoms with van der Waals surface area (Å²) in [5.74, 6) is -2.05. The van der Waals surface area contributed by atoms with E-state index >= 15 is 0 Å². The summed E-state index contributed by atoms with van der Waals surface area (Å²) in [6.07, 6.45) is -1.94. The van der Waals surface area contributed by atoms with Crippen LogP contribution in [0.15, 0.2) is 36.6 Å². The molecule has 1 aromatic carbocycles. The molecule has 1 nitrogen and oxygen atoms in total. The van der Waals surface area contributed by atoms with Gasteiger partial charge in [0.2, 0.25) is 0 Å². The Hall–Kier alpha value is -1.85. The summed E-state index contributed by atoms with van der Waals surface area (Å²) in [6, 6.07) is 3.68. The van der Waals surface area contributed by atoms with Crippen molar-refractivity contribution in [1.29, 1.82) is 0 Å². The first-order valence-electron chi connectivity index (χ1n) is 6.41. The van der Waals surface area contributed by atoms with Gasteiger partial charge in [0.15, 0.2) is 11.6 Å². The first kappa shape index (κ1) is 15.5. The average molecular weight is 303 g/mol. The van der Waals surface area contributed by atoms with Crippen molar-refractivity contribution in [2.45, 2.75) is 19.0 Å². The van der Waals surface area contributed by atoms with Crippen LogP contribution in [0.1, 0.15) is 18.4 Å². The lowest BCUT2D eigenvalue weighted by molar-refractivity contribution is -0.140. The van der Waals surface area contributed by atoms with E-state index < -0.39 is 24.4 Å². The van der Waals surface area contributed by atoms with E-state index in [2.05, 4.69) is 6.58 Å². The Bertz CT molecular complexity index is 574. The molecule has 0 saturated carbocycles. The lowest BCUT2D eigenvalue weighted by atomic mass is 10.0. The minimum absolute atomic E-state index is 0.00289. The van der Waals surface area contributed by atoms with Crippen LogP contribution in [0, 0.1) is 11.6 Å². The van der Waals surface area contributed by atoms with Crippen LogP contribution in [0.5, 0.6) is 0 Å². The van der Waals surface area contributed by atoms with Gasteiger partial charge in [-0.15, -0.1) is 0 Å². The third-order valence-electron chi connectivity index (χ3n) is 3.30. The Morgan fingerprint density at radius 2 is 1.90 bits per heavy atom. The Balaban J connectivity index is 2.30. The van der Waals surface area contributed by atoms with Crippen LogP contribution >= 0.6 is 0 Å². The number of benzene rings is 1. The molecule has 0 fully saturated rings. The summed E-state index contributed by atoms with van der Waals surface area (Å²) in [6.45, 7) is 2.34. The number of rotatable bonds is 2. The standard InChI is InChI=1S/C15H14F5N/c1-10-4-2-5-11(8-21(10)9-15(18,19)20)12-6-3-7-13(16)14(12)17/h3,5-7H,1-2,4,8-9H2. The van der Waals surface area contributed by atoms with E-state index in [0.717, 1.165) is 11.0 Å². The molecule has 1 aliphatic heterocycles. The quantitative estimate of drug-likeness (QED) is 0.726. The molecule has 6 heteroatoms. The highest BCUT2D eigenvalue weighted by Crippen LogP contribution is 2.29. The van der Waals surface area contributed by atoms with Crippen molar-refractivity contribution >= 4 is 5.57 Å². The predicted octanol–water partition coefficient (Wildman–Crippen LogP) is 4.52. The molecule has 0 aliphatic carbocycles. The molecule has 0 amide bonds. The highest BCUT2D eigenvalue weighted by Gasteiger charge is 2.32. The van der Waals surface area contributed by atoms with Gasteiger partial charge in [0.1, 0.15) is 6.54 Å². The van der Waals surface area contributed by atoms with Gasteiger partial charge in [0.05, 0.1) is 0 Å². The number of alkyl halides is 3. The lowest BCUT2D eigenvalue weighted by Crippen LogP contribution is -2.34. The summed E-state index contributed by atoms with van der Waals surface area (Å²) in [4.78, 5) is 1.06. The maximum atomic E-state index is 13.8. The monoisotopic (exact) mass is 303 g/mol. The maximum absolute atomic E-state index is 13.8. The second-order valence-corrected chi connectivity index (χ2v) is 4.91. The molecule has 0 spiro atoms. The van der Waals surface area contributed by atoms with E-state index in [4.69, 9.17) is 0 Å². The normalized spacial score (nSPS) is 16.7. The summed E-state index contributed by atoms with van der Waals surface area (Å²) in [7, 11) is 0. The van der Waals surface area contributed by atoms with Gasteiger partial charge in [0.25, 0.3) is 0 Å². The van der Waals surface area contributed by atoms with Gasteiger partial charge in [-0.25, -0.2) is 8.78 Å². The van der Waals surface area contributed by atoms with Crippen molar-refractivity contribution in [3.05, 3.63) is 53.7 Å². The predicted molar refractivity (Wildman–Crippen MR) is 70.3 cm³/mol. The molecule has 0 bridgehead atoms. The van der Waals surface area contributed by atoms with Crippen molar-refractivity contribution < 1.29 is 22.0 Å². The molecular weight excluding hydrogens is 289 g/mol. The third-order valence-corrected chi connectivity index (χ3v) is 3.30. The van der Waals surface area contributed by atoms with Crippen LogP contribution in [0.25, 0.3) is 5.57 Å².